The molecule has 0 unspecified atom stereocenters. The van der Waals surface area contributed by atoms with Gasteiger partial charge in [0.1, 0.15) is 6.61 Å². The number of aromatic nitrogens is 1. The first-order valence-electron chi connectivity index (χ1n) is 10.2. The van der Waals surface area contributed by atoms with E-state index in [4.69, 9.17) is 18.8 Å². The highest BCUT2D eigenvalue weighted by Crippen LogP contribution is 2.38. The molecule has 0 saturated carbocycles. The van der Waals surface area contributed by atoms with Gasteiger partial charge >= 0.3 is 13.2 Å². The van der Waals surface area contributed by atoms with Crippen molar-refractivity contribution >= 4 is 19.3 Å². The molecule has 1 amide bonds. The molecular weight excluding hydrogens is 395 g/mol. The number of alkyl carbamates (subject to hydrolysis) is 1. The van der Waals surface area contributed by atoms with Crippen LogP contribution in [-0.2, 0) is 20.7 Å². The molecule has 0 bridgehead atoms. The molecule has 164 valence electrons. The van der Waals surface area contributed by atoms with Gasteiger partial charge in [0.2, 0.25) is 5.88 Å². The summed E-state index contributed by atoms with van der Waals surface area (Å²) < 4.78 is 22.9. The Labute approximate surface area is 183 Å². The second kappa shape index (κ2) is 9.53. The number of ether oxygens (including phenoxy) is 2. The van der Waals surface area contributed by atoms with Crippen molar-refractivity contribution in [1.29, 1.82) is 0 Å². The monoisotopic (exact) mass is 424 g/mol. The molecule has 0 aliphatic carbocycles. The molecule has 31 heavy (non-hydrogen) atoms. The van der Waals surface area contributed by atoms with Crippen LogP contribution in [0.2, 0.25) is 0 Å². The van der Waals surface area contributed by atoms with E-state index in [0.29, 0.717) is 5.88 Å². The van der Waals surface area contributed by atoms with E-state index in [1.807, 2.05) is 70.2 Å². The molecular formula is C23H29BN2O5. The Kier molecular flexibility index (Phi) is 7.03. The van der Waals surface area contributed by atoms with Crippen LogP contribution in [0.25, 0.3) is 6.08 Å². The fraction of sp³-hybridized carbons (Fsp3) is 0.391. The molecule has 2 heterocycles. The highest BCUT2D eigenvalue weighted by molar-refractivity contribution is 6.56. The van der Waals surface area contributed by atoms with Gasteiger partial charge in [-0.1, -0.05) is 36.4 Å². The summed E-state index contributed by atoms with van der Waals surface area (Å²) in [6.45, 7) is 8.35. The number of benzene rings is 1. The van der Waals surface area contributed by atoms with Crippen LogP contribution in [0.3, 0.4) is 0 Å². The van der Waals surface area contributed by atoms with Crippen LogP contribution in [-0.4, -0.2) is 43.1 Å². The third-order valence-corrected chi connectivity index (χ3v) is 5.53. The van der Waals surface area contributed by atoms with E-state index < -0.39 is 24.4 Å². The Hall–Kier alpha value is -2.84. The average Bonchev–Trinajstić information content (AvgIpc) is 2.97. The minimum atomic E-state index is -0.612. The number of pyridine rings is 1. The zero-order valence-corrected chi connectivity index (χ0v) is 18.7. The third-order valence-electron chi connectivity index (χ3n) is 5.53. The highest BCUT2D eigenvalue weighted by Gasteiger charge is 2.52. The standard InChI is InChI=1S/C23H29BN2O5/c1-22(2)23(3,4)31-24(30-22)19(13-18-11-12-25-20(14-18)28-5)15-26-21(27)29-16-17-9-7-6-8-10-17/h6-14H,15-16H2,1-5H3,(H,26,27). The van der Waals surface area contributed by atoms with Crippen LogP contribution in [0, 0.1) is 0 Å². The number of nitrogens with zero attached hydrogens (tertiary/aromatic N) is 1. The van der Waals surface area contributed by atoms with Crippen molar-refractivity contribution in [2.24, 2.45) is 0 Å². The van der Waals surface area contributed by atoms with Gasteiger partial charge in [0.15, 0.2) is 0 Å². The predicted molar refractivity (Wildman–Crippen MR) is 119 cm³/mol. The number of rotatable bonds is 7. The molecule has 2 aromatic rings. The molecule has 3 rings (SSSR count). The highest BCUT2D eigenvalue weighted by atomic mass is 16.7. The molecule has 0 atom stereocenters. The summed E-state index contributed by atoms with van der Waals surface area (Å²) in [5.41, 5.74) is 1.53. The molecule has 1 aromatic heterocycles. The summed E-state index contributed by atoms with van der Waals surface area (Å²) in [5.74, 6) is 0.497. The molecule has 0 spiro atoms. The molecule has 0 radical (unpaired) electrons. The van der Waals surface area contributed by atoms with Crippen molar-refractivity contribution in [3.63, 3.8) is 0 Å². The van der Waals surface area contributed by atoms with Crippen LogP contribution in [0.5, 0.6) is 5.88 Å². The Balaban J connectivity index is 1.73. The second-order valence-electron chi connectivity index (χ2n) is 8.35. The Morgan fingerprint density at radius 3 is 2.45 bits per heavy atom. The number of carbonyl (C=O) groups is 1. The van der Waals surface area contributed by atoms with Crippen LogP contribution in [0.15, 0.2) is 54.1 Å². The Morgan fingerprint density at radius 2 is 1.81 bits per heavy atom. The predicted octanol–water partition coefficient (Wildman–Crippen LogP) is 4.03. The van der Waals surface area contributed by atoms with Crippen molar-refractivity contribution in [2.45, 2.75) is 45.5 Å². The fourth-order valence-electron chi connectivity index (χ4n) is 2.99. The first-order valence-corrected chi connectivity index (χ1v) is 10.2. The van der Waals surface area contributed by atoms with E-state index >= 15 is 0 Å². The summed E-state index contributed by atoms with van der Waals surface area (Å²) >= 11 is 0. The normalized spacial score (nSPS) is 17.3. The maximum absolute atomic E-state index is 12.3. The van der Waals surface area contributed by atoms with E-state index in [9.17, 15) is 4.79 Å². The Bertz CT molecular complexity index is 915. The summed E-state index contributed by atoms with van der Waals surface area (Å²) in [5, 5.41) is 2.80. The van der Waals surface area contributed by atoms with Crippen molar-refractivity contribution < 1.29 is 23.6 Å². The van der Waals surface area contributed by atoms with Crippen LogP contribution in [0.4, 0.5) is 4.79 Å². The summed E-state index contributed by atoms with van der Waals surface area (Å²) in [7, 11) is 0.952. The summed E-state index contributed by atoms with van der Waals surface area (Å²) in [6, 6.07) is 13.2. The number of methoxy groups -OCH3 is 1. The molecule has 7 nitrogen and oxygen atoms in total. The maximum atomic E-state index is 12.3. The quantitative estimate of drug-likeness (QED) is 0.677. The fourth-order valence-corrected chi connectivity index (χ4v) is 2.99. The number of carbonyl (C=O) groups excluding carboxylic acids is 1. The van der Waals surface area contributed by atoms with Crippen LogP contribution < -0.4 is 10.1 Å². The minimum absolute atomic E-state index is 0.198. The van der Waals surface area contributed by atoms with Gasteiger partial charge in [-0.2, -0.15) is 0 Å². The first kappa shape index (κ1) is 22.8. The lowest BCUT2D eigenvalue weighted by Gasteiger charge is -2.32. The molecule has 1 N–H and O–H groups in total. The largest absolute Gasteiger partial charge is 0.492 e. The number of hydrogen-bond donors (Lipinski definition) is 1. The van der Waals surface area contributed by atoms with Crippen molar-refractivity contribution in [1.82, 2.24) is 10.3 Å². The average molecular weight is 424 g/mol. The van der Waals surface area contributed by atoms with Crippen molar-refractivity contribution in [2.75, 3.05) is 13.7 Å². The smallest absolute Gasteiger partial charge is 0.481 e. The van der Waals surface area contributed by atoms with Gasteiger partial charge in [-0.15, -0.1) is 0 Å². The van der Waals surface area contributed by atoms with Gasteiger partial charge in [0, 0.05) is 18.8 Å². The number of amides is 1. The lowest BCUT2D eigenvalue weighted by Crippen LogP contribution is -2.41. The van der Waals surface area contributed by atoms with Crippen LogP contribution >= 0.6 is 0 Å². The van der Waals surface area contributed by atoms with Gasteiger partial charge in [-0.25, -0.2) is 9.78 Å². The third kappa shape index (κ3) is 5.86. The topological polar surface area (TPSA) is 78.9 Å². The molecule has 1 fully saturated rings. The van der Waals surface area contributed by atoms with Crippen molar-refractivity contribution in [3.05, 3.63) is 65.3 Å². The van der Waals surface area contributed by atoms with E-state index in [-0.39, 0.29) is 13.2 Å². The van der Waals surface area contributed by atoms with Gasteiger partial charge in [-0.05, 0) is 50.4 Å². The zero-order valence-electron chi connectivity index (χ0n) is 18.7. The first-order chi connectivity index (χ1) is 14.7. The zero-order chi connectivity index (χ0) is 22.5. The molecule has 1 aliphatic heterocycles. The summed E-state index contributed by atoms with van der Waals surface area (Å²) in [6.07, 6.45) is 3.05. The Morgan fingerprint density at radius 1 is 1.13 bits per heavy atom. The van der Waals surface area contributed by atoms with Gasteiger partial charge in [0.25, 0.3) is 0 Å². The lowest BCUT2D eigenvalue weighted by molar-refractivity contribution is 0.00578. The van der Waals surface area contributed by atoms with E-state index in [2.05, 4.69) is 10.3 Å². The maximum Gasteiger partial charge on any atom is 0.492 e. The van der Waals surface area contributed by atoms with Crippen LogP contribution in [0.1, 0.15) is 38.8 Å². The minimum Gasteiger partial charge on any atom is -0.481 e. The van der Waals surface area contributed by atoms with E-state index in [0.717, 1.165) is 16.6 Å². The number of hydrogen-bond acceptors (Lipinski definition) is 6. The molecule has 8 heteroatoms. The lowest BCUT2D eigenvalue weighted by atomic mass is 9.77. The summed E-state index contributed by atoms with van der Waals surface area (Å²) in [4.78, 5) is 16.4. The van der Waals surface area contributed by atoms with Gasteiger partial charge in [-0.3, -0.25) is 0 Å². The number of nitrogens with one attached hydrogen (secondary N) is 1. The molecule has 1 saturated heterocycles. The molecule has 1 aromatic carbocycles. The van der Waals surface area contributed by atoms with E-state index in [1.54, 1.807) is 19.4 Å². The van der Waals surface area contributed by atoms with Crippen molar-refractivity contribution in [3.8, 4) is 5.88 Å². The SMILES string of the molecule is COc1cc(C=C(CNC(=O)OCc2ccccc2)B2OC(C)(C)C(C)(C)O2)ccn1. The van der Waals surface area contributed by atoms with Gasteiger partial charge in [0.05, 0.1) is 18.3 Å². The van der Waals surface area contributed by atoms with Gasteiger partial charge < -0.3 is 24.1 Å². The second-order valence-corrected chi connectivity index (χ2v) is 8.35. The molecule has 1 aliphatic rings. The van der Waals surface area contributed by atoms with E-state index in [1.165, 1.54) is 0 Å².